The van der Waals surface area contributed by atoms with Gasteiger partial charge in [-0.05, 0) is 30.2 Å². The van der Waals surface area contributed by atoms with Gasteiger partial charge in [0.05, 0.1) is 24.4 Å². The van der Waals surface area contributed by atoms with Gasteiger partial charge in [0, 0.05) is 22.0 Å². The zero-order valence-corrected chi connectivity index (χ0v) is 15.5. The zero-order valence-electron chi connectivity index (χ0n) is 13.9. The molecular formula is C18H13BrFN5O2. The molecule has 0 unspecified atom stereocenters. The van der Waals surface area contributed by atoms with Gasteiger partial charge in [0.25, 0.3) is 5.91 Å². The van der Waals surface area contributed by atoms with Crippen molar-refractivity contribution in [1.29, 1.82) is 5.26 Å². The van der Waals surface area contributed by atoms with E-state index in [-0.39, 0.29) is 24.3 Å². The third-order valence-corrected chi connectivity index (χ3v) is 5.44. The SMILES string of the molecule is N#C[C@@H]1C[C@@]12CN(CC(=O)Nc1ncc(F)cn1)C(=O)c1ccc(Br)cc12. The number of carbonyl (C=O) groups excluding carboxylic acids is 2. The van der Waals surface area contributed by atoms with Crippen LogP contribution < -0.4 is 5.32 Å². The Balaban J connectivity index is 1.56. The number of aromatic nitrogens is 2. The van der Waals surface area contributed by atoms with E-state index in [1.807, 2.05) is 6.07 Å². The molecular weight excluding hydrogens is 417 g/mol. The summed E-state index contributed by atoms with van der Waals surface area (Å²) in [6.45, 7) is 0.0974. The van der Waals surface area contributed by atoms with Crippen LogP contribution in [-0.2, 0) is 10.2 Å². The first-order valence-electron chi connectivity index (χ1n) is 8.19. The predicted octanol–water partition coefficient (Wildman–Crippen LogP) is 2.25. The minimum atomic E-state index is -0.611. The molecule has 1 aliphatic carbocycles. The second-order valence-electron chi connectivity index (χ2n) is 6.67. The molecule has 1 aromatic carbocycles. The Morgan fingerprint density at radius 3 is 2.85 bits per heavy atom. The van der Waals surface area contributed by atoms with Crippen molar-refractivity contribution in [3.63, 3.8) is 0 Å². The smallest absolute Gasteiger partial charge is 0.254 e. The average molecular weight is 430 g/mol. The van der Waals surface area contributed by atoms with Gasteiger partial charge in [0.2, 0.25) is 11.9 Å². The highest BCUT2D eigenvalue weighted by Gasteiger charge is 2.60. The molecule has 4 rings (SSSR count). The summed E-state index contributed by atoms with van der Waals surface area (Å²) < 4.78 is 13.7. The third kappa shape index (κ3) is 3.06. The van der Waals surface area contributed by atoms with Crippen molar-refractivity contribution in [2.45, 2.75) is 11.8 Å². The van der Waals surface area contributed by atoms with Crippen molar-refractivity contribution < 1.29 is 14.0 Å². The summed E-state index contributed by atoms with van der Waals surface area (Å²) in [7, 11) is 0. The largest absolute Gasteiger partial charge is 0.328 e. The van der Waals surface area contributed by atoms with E-state index in [0.717, 1.165) is 22.4 Å². The van der Waals surface area contributed by atoms with Gasteiger partial charge in [-0.25, -0.2) is 14.4 Å². The molecule has 1 aromatic heterocycles. The van der Waals surface area contributed by atoms with Gasteiger partial charge >= 0.3 is 0 Å². The molecule has 0 radical (unpaired) electrons. The number of benzene rings is 1. The maximum atomic E-state index is 12.9. The van der Waals surface area contributed by atoms with Crippen LogP contribution in [0, 0.1) is 23.1 Å². The number of carbonyl (C=O) groups is 2. The van der Waals surface area contributed by atoms with E-state index in [0.29, 0.717) is 18.5 Å². The van der Waals surface area contributed by atoms with Crippen LogP contribution in [0.25, 0.3) is 0 Å². The highest BCUT2D eigenvalue weighted by atomic mass is 79.9. The van der Waals surface area contributed by atoms with E-state index in [2.05, 4.69) is 37.3 Å². The molecule has 0 bridgehead atoms. The summed E-state index contributed by atoms with van der Waals surface area (Å²) >= 11 is 3.42. The lowest BCUT2D eigenvalue weighted by Gasteiger charge is -2.34. The Labute approximate surface area is 162 Å². The normalized spacial score (nSPS) is 22.9. The van der Waals surface area contributed by atoms with Crippen LogP contribution in [-0.4, -0.2) is 39.8 Å². The topological polar surface area (TPSA) is 99.0 Å². The molecule has 1 fully saturated rings. The number of rotatable bonds is 3. The van der Waals surface area contributed by atoms with Gasteiger partial charge in [-0.1, -0.05) is 15.9 Å². The van der Waals surface area contributed by atoms with Gasteiger partial charge in [0.15, 0.2) is 5.82 Å². The summed E-state index contributed by atoms with van der Waals surface area (Å²) in [5.74, 6) is -1.59. The van der Waals surface area contributed by atoms with Gasteiger partial charge in [-0.3, -0.25) is 14.9 Å². The number of nitrogens with one attached hydrogen (secondary N) is 1. The third-order valence-electron chi connectivity index (χ3n) is 4.95. The maximum absolute atomic E-state index is 12.9. The molecule has 1 saturated carbocycles. The number of hydrogen-bond donors (Lipinski definition) is 1. The molecule has 2 atom stereocenters. The molecule has 2 heterocycles. The van der Waals surface area contributed by atoms with Crippen molar-refractivity contribution >= 4 is 33.7 Å². The summed E-state index contributed by atoms with van der Waals surface area (Å²) in [5, 5.41) is 11.8. The Kier molecular flexibility index (Phi) is 4.15. The molecule has 2 amide bonds. The number of nitrogens with zero attached hydrogens (tertiary/aromatic N) is 4. The summed E-state index contributed by atoms with van der Waals surface area (Å²) in [6, 6.07) is 7.65. The van der Waals surface area contributed by atoms with Crippen molar-refractivity contribution in [2.24, 2.45) is 5.92 Å². The highest BCUT2D eigenvalue weighted by molar-refractivity contribution is 9.10. The fraction of sp³-hybridized carbons (Fsp3) is 0.278. The van der Waals surface area contributed by atoms with Crippen molar-refractivity contribution in [2.75, 3.05) is 18.4 Å². The van der Waals surface area contributed by atoms with E-state index in [1.165, 1.54) is 4.90 Å². The Morgan fingerprint density at radius 2 is 2.19 bits per heavy atom. The second-order valence-corrected chi connectivity index (χ2v) is 7.58. The number of nitriles is 1. The summed E-state index contributed by atoms with van der Waals surface area (Å²) in [5.41, 5.74) is 0.925. The fourth-order valence-corrected chi connectivity index (χ4v) is 3.93. The molecule has 2 aromatic rings. The molecule has 27 heavy (non-hydrogen) atoms. The molecule has 9 heteroatoms. The minimum absolute atomic E-state index is 0.0359. The summed E-state index contributed by atoms with van der Waals surface area (Å²) in [4.78, 5) is 33.9. The molecule has 1 N–H and O–H groups in total. The van der Waals surface area contributed by atoms with E-state index < -0.39 is 17.1 Å². The van der Waals surface area contributed by atoms with Crippen LogP contribution in [0.5, 0.6) is 0 Å². The minimum Gasteiger partial charge on any atom is -0.328 e. The van der Waals surface area contributed by atoms with Crippen molar-refractivity contribution in [3.05, 3.63) is 52.0 Å². The van der Waals surface area contributed by atoms with Crippen molar-refractivity contribution in [1.82, 2.24) is 14.9 Å². The first kappa shape index (κ1) is 17.5. The van der Waals surface area contributed by atoms with Gasteiger partial charge in [-0.2, -0.15) is 5.26 Å². The van der Waals surface area contributed by atoms with E-state index in [1.54, 1.807) is 12.1 Å². The molecule has 1 spiro atoms. The molecule has 2 aliphatic rings. The zero-order chi connectivity index (χ0) is 19.2. The van der Waals surface area contributed by atoms with Crippen LogP contribution in [0.4, 0.5) is 10.3 Å². The quantitative estimate of drug-likeness (QED) is 0.806. The van der Waals surface area contributed by atoms with Crippen LogP contribution in [0.15, 0.2) is 35.1 Å². The van der Waals surface area contributed by atoms with Gasteiger partial charge in [-0.15, -0.1) is 0 Å². The molecule has 7 nitrogen and oxygen atoms in total. The molecule has 1 aliphatic heterocycles. The van der Waals surface area contributed by atoms with E-state index in [9.17, 15) is 19.2 Å². The van der Waals surface area contributed by atoms with E-state index >= 15 is 0 Å². The Hall–Kier alpha value is -2.86. The highest BCUT2D eigenvalue weighted by Crippen LogP contribution is 2.57. The lowest BCUT2D eigenvalue weighted by molar-refractivity contribution is -0.117. The summed E-state index contributed by atoms with van der Waals surface area (Å²) in [6.07, 6.45) is 2.54. The lowest BCUT2D eigenvalue weighted by Crippen LogP contribution is -2.47. The monoisotopic (exact) mass is 429 g/mol. The first-order valence-corrected chi connectivity index (χ1v) is 8.98. The van der Waals surface area contributed by atoms with Crippen LogP contribution >= 0.6 is 15.9 Å². The van der Waals surface area contributed by atoms with Crippen LogP contribution in [0.2, 0.25) is 0 Å². The lowest BCUT2D eigenvalue weighted by atomic mass is 9.84. The molecule has 136 valence electrons. The fourth-order valence-electron chi connectivity index (χ4n) is 3.57. The maximum Gasteiger partial charge on any atom is 0.254 e. The first-order chi connectivity index (χ1) is 12.9. The van der Waals surface area contributed by atoms with E-state index in [4.69, 9.17) is 0 Å². The number of fused-ring (bicyclic) bond motifs is 2. The average Bonchev–Trinajstić information content (AvgIpc) is 3.35. The van der Waals surface area contributed by atoms with Crippen LogP contribution in [0.1, 0.15) is 22.3 Å². The number of amides is 2. The van der Waals surface area contributed by atoms with Gasteiger partial charge in [0.1, 0.15) is 6.54 Å². The van der Waals surface area contributed by atoms with Crippen LogP contribution in [0.3, 0.4) is 0 Å². The number of hydrogen-bond acceptors (Lipinski definition) is 5. The van der Waals surface area contributed by atoms with Gasteiger partial charge < -0.3 is 4.90 Å². The number of anilines is 1. The Bertz CT molecular complexity index is 990. The number of halogens is 2. The predicted molar refractivity (Wildman–Crippen MR) is 96.1 cm³/mol. The Morgan fingerprint density at radius 1 is 1.44 bits per heavy atom. The van der Waals surface area contributed by atoms with Crippen molar-refractivity contribution in [3.8, 4) is 6.07 Å². The molecule has 0 saturated heterocycles. The second kappa shape index (κ2) is 6.39. The standard InChI is InChI=1S/C18H13BrFN5O2/c19-11-1-2-13-14(3-11)18(4-10(18)5-21)9-25(16(13)27)8-15(26)24-17-22-6-12(20)7-23-17/h1-3,6-7,10H,4,8-9H2,(H,22,23,24,26)/t10-,18+/m0/s1.